The van der Waals surface area contributed by atoms with Crippen molar-refractivity contribution >= 4 is 17.2 Å². The van der Waals surface area contributed by atoms with Crippen molar-refractivity contribution < 1.29 is 9.32 Å². The zero-order valence-electron chi connectivity index (χ0n) is 13.9. The zero-order valence-corrected chi connectivity index (χ0v) is 14.7. The maximum atomic E-state index is 11.8. The van der Waals surface area contributed by atoms with E-state index in [4.69, 9.17) is 4.52 Å². The van der Waals surface area contributed by atoms with E-state index in [0.717, 1.165) is 44.7 Å². The Kier molecular flexibility index (Phi) is 5.95. The summed E-state index contributed by atoms with van der Waals surface area (Å²) in [5.41, 5.74) is 0.998. The third kappa shape index (κ3) is 4.62. The largest absolute Gasteiger partial charge is 0.355 e. The summed E-state index contributed by atoms with van der Waals surface area (Å²) in [6.45, 7) is 7.51. The first-order valence-corrected chi connectivity index (χ1v) is 9.25. The smallest absolute Gasteiger partial charge is 0.241 e. The molecule has 1 aliphatic heterocycles. The summed E-state index contributed by atoms with van der Waals surface area (Å²) >= 11 is 1.62. The lowest BCUT2D eigenvalue weighted by molar-refractivity contribution is -0.122. The van der Waals surface area contributed by atoms with Crippen LogP contribution in [-0.2, 0) is 11.3 Å². The maximum absolute atomic E-state index is 11.8. The molecule has 1 fully saturated rings. The van der Waals surface area contributed by atoms with E-state index in [1.165, 1.54) is 0 Å². The molecule has 0 saturated carbocycles. The maximum Gasteiger partial charge on any atom is 0.241 e. The number of piperazine rings is 1. The number of nitrogens with one attached hydrogen (secondary N) is 1. The second kappa shape index (κ2) is 8.36. The Morgan fingerprint density at radius 3 is 2.83 bits per heavy atom. The summed E-state index contributed by atoms with van der Waals surface area (Å²) in [6, 6.07) is 1.99. The summed E-state index contributed by atoms with van der Waals surface area (Å²) in [6.07, 6.45) is 0.969. The van der Waals surface area contributed by atoms with Crippen molar-refractivity contribution in [2.75, 3.05) is 39.3 Å². The number of amides is 1. The second-order valence-electron chi connectivity index (χ2n) is 5.93. The lowest BCUT2D eigenvalue weighted by atomic mass is 10.3. The third-order valence-corrected chi connectivity index (χ3v) is 4.69. The van der Waals surface area contributed by atoms with Crippen molar-refractivity contribution in [3.05, 3.63) is 22.7 Å². The highest BCUT2D eigenvalue weighted by Crippen LogP contribution is 2.19. The lowest BCUT2D eigenvalue weighted by Gasteiger charge is -2.33. The lowest BCUT2D eigenvalue weighted by Crippen LogP contribution is -2.49. The fourth-order valence-electron chi connectivity index (χ4n) is 2.65. The number of thiophene rings is 1. The molecule has 8 heteroatoms. The highest BCUT2D eigenvalue weighted by atomic mass is 32.1. The van der Waals surface area contributed by atoms with Gasteiger partial charge in [0.15, 0.2) is 0 Å². The minimum absolute atomic E-state index is 0.114. The van der Waals surface area contributed by atoms with Crippen LogP contribution >= 0.6 is 11.3 Å². The zero-order chi connectivity index (χ0) is 16.8. The Balaban J connectivity index is 1.43. The van der Waals surface area contributed by atoms with E-state index in [2.05, 4.69) is 32.2 Å². The van der Waals surface area contributed by atoms with Gasteiger partial charge in [0, 0.05) is 43.7 Å². The normalized spacial score (nSPS) is 16.4. The summed E-state index contributed by atoms with van der Waals surface area (Å²) in [7, 11) is 0. The average molecular weight is 349 g/mol. The van der Waals surface area contributed by atoms with E-state index in [1.54, 1.807) is 11.3 Å². The van der Waals surface area contributed by atoms with Crippen molar-refractivity contribution in [2.24, 2.45) is 0 Å². The quantitative estimate of drug-likeness (QED) is 0.815. The molecule has 0 bridgehead atoms. The van der Waals surface area contributed by atoms with Crippen LogP contribution in [0.1, 0.15) is 19.2 Å². The van der Waals surface area contributed by atoms with Gasteiger partial charge in [-0.2, -0.15) is 16.3 Å². The highest BCUT2D eigenvalue weighted by Gasteiger charge is 2.20. The topological polar surface area (TPSA) is 74.5 Å². The SMILES string of the molecule is CCCNC(=O)CN1CCN(Cc2nc(-c3ccsc3)no2)CC1. The summed E-state index contributed by atoms with van der Waals surface area (Å²) in [5, 5.41) is 11.0. The van der Waals surface area contributed by atoms with Crippen LogP contribution in [-0.4, -0.2) is 65.1 Å². The van der Waals surface area contributed by atoms with Crippen LogP contribution in [0.25, 0.3) is 11.4 Å². The minimum Gasteiger partial charge on any atom is -0.355 e. The molecule has 0 radical (unpaired) electrons. The Morgan fingerprint density at radius 1 is 1.33 bits per heavy atom. The molecule has 2 aromatic rings. The van der Waals surface area contributed by atoms with Crippen LogP contribution in [0.4, 0.5) is 0 Å². The van der Waals surface area contributed by atoms with Gasteiger partial charge in [-0.3, -0.25) is 14.6 Å². The summed E-state index contributed by atoms with van der Waals surface area (Å²) in [5.74, 6) is 1.41. The van der Waals surface area contributed by atoms with E-state index >= 15 is 0 Å². The second-order valence-corrected chi connectivity index (χ2v) is 6.71. The number of aromatic nitrogens is 2. The first-order chi connectivity index (χ1) is 11.7. The summed E-state index contributed by atoms with van der Waals surface area (Å²) in [4.78, 5) is 20.7. The number of carbonyl (C=O) groups excluding carboxylic acids is 1. The van der Waals surface area contributed by atoms with Crippen LogP contribution in [0.3, 0.4) is 0 Å². The van der Waals surface area contributed by atoms with E-state index in [0.29, 0.717) is 24.8 Å². The van der Waals surface area contributed by atoms with E-state index in [9.17, 15) is 4.79 Å². The predicted octanol–water partition coefficient (Wildman–Crippen LogP) is 1.44. The molecule has 1 saturated heterocycles. The molecule has 7 nitrogen and oxygen atoms in total. The molecule has 0 unspecified atom stereocenters. The molecule has 1 N–H and O–H groups in total. The third-order valence-electron chi connectivity index (χ3n) is 4.01. The Labute approximate surface area is 145 Å². The van der Waals surface area contributed by atoms with Gasteiger partial charge in [0.2, 0.25) is 17.6 Å². The highest BCUT2D eigenvalue weighted by molar-refractivity contribution is 7.08. The molecular weight excluding hydrogens is 326 g/mol. The van der Waals surface area contributed by atoms with Crippen molar-refractivity contribution in [2.45, 2.75) is 19.9 Å². The molecule has 0 aliphatic carbocycles. The Bertz CT molecular complexity index is 635. The number of hydrogen-bond donors (Lipinski definition) is 1. The molecule has 3 rings (SSSR count). The molecule has 24 heavy (non-hydrogen) atoms. The number of rotatable bonds is 7. The van der Waals surface area contributed by atoms with Gasteiger partial charge in [-0.05, 0) is 17.9 Å². The average Bonchev–Trinajstić information content (AvgIpc) is 3.26. The predicted molar refractivity (Wildman–Crippen MR) is 92.6 cm³/mol. The van der Waals surface area contributed by atoms with Crippen LogP contribution < -0.4 is 5.32 Å². The van der Waals surface area contributed by atoms with Gasteiger partial charge in [0.25, 0.3) is 0 Å². The van der Waals surface area contributed by atoms with Gasteiger partial charge in [0.1, 0.15) is 0 Å². The Hall–Kier alpha value is -1.77. The van der Waals surface area contributed by atoms with Crippen molar-refractivity contribution in [3.63, 3.8) is 0 Å². The molecule has 2 aromatic heterocycles. The van der Waals surface area contributed by atoms with Gasteiger partial charge < -0.3 is 9.84 Å². The van der Waals surface area contributed by atoms with Crippen LogP contribution in [0.5, 0.6) is 0 Å². The Morgan fingerprint density at radius 2 is 2.12 bits per heavy atom. The fourth-order valence-corrected chi connectivity index (χ4v) is 3.28. The molecule has 1 amide bonds. The minimum atomic E-state index is 0.114. The van der Waals surface area contributed by atoms with Gasteiger partial charge in [-0.15, -0.1) is 0 Å². The van der Waals surface area contributed by atoms with E-state index < -0.39 is 0 Å². The molecule has 130 valence electrons. The number of carbonyl (C=O) groups is 1. The first kappa shape index (κ1) is 17.1. The molecule has 0 atom stereocenters. The van der Waals surface area contributed by atoms with Crippen LogP contribution in [0.2, 0.25) is 0 Å². The molecular formula is C16H23N5O2S. The standard InChI is InChI=1S/C16H23N5O2S/c1-2-4-17-14(22)10-20-5-7-21(8-6-20)11-15-18-16(19-23-15)13-3-9-24-12-13/h3,9,12H,2,4-8,10-11H2,1H3,(H,17,22). The molecule has 1 aliphatic rings. The van der Waals surface area contributed by atoms with Crippen LogP contribution in [0.15, 0.2) is 21.3 Å². The number of nitrogens with zero attached hydrogens (tertiary/aromatic N) is 4. The van der Waals surface area contributed by atoms with Crippen molar-refractivity contribution in [1.29, 1.82) is 0 Å². The summed E-state index contributed by atoms with van der Waals surface area (Å²) < 4.78 is 5.35. The van der Waals surface area contributed by atoms with E-state index in [-0.39, 0.29) is 5.91 Å². The first-order valence-electron chi connectivity index (χ1n) is 8.31. The van der Waals surface area contributed by atoms with Gasteiger partial charge >= 0.3 is 0 Å². The van der Waals surface area contributed by atoms with Crippen molar-refractivity contribution in [1.82, 2.24) is 25.3 Å². The molecule has 0 spiro atoms. The van der Waals surface area contributed by atoms with E-state index in [1.807, 2.05) is 16.8 Å². The molecule has 0 aromatic carbocycles. The fraction of sp³-hybridized carbons (Fsp3) is 0.562. The monoisotopic (exact) mass is 349 g/mol. The van der Waals surface area contributed by atoms with Gasteiger partial charge in [0.05, 0.1) is 13.1 Å². The van der Waals surface area contributed by atoms with Gasteiger partial charge in [-0.25, -0.2) is 0 Å². The number of hydrogen-bond acceptors (Lipinski definition) is 7. The van der Waals surface area contributed by atoms with Gasteiger partial charge in [-0.1, -0.05) is 12.1 Å². The van der Waals surface area contributed by atoms with Crippen molar-refractivity contribution in [3.8, 4) is 11.4 Å². The molecule has 3 heterocycles. The van der Waals surface area contributed by atoms with Crippen LogP contribution in [0, 0.1) is 0 Å².